The summed E-state index contributed by atoms with van der Waals surface area (Å²) in [5.74, 6) is 0.870. The number of nitrogens with one attached hydrogen (secondary N) is 1. The Kier molecular flexibility index (Phi) is 4.10. The molecule has 1 saturated carbocycles. The van der Waals surface area contributed by atoms with Crippen LogP contribution in [0.3, 0.4) is 0 Å². The van der Waals surface area contributed by atoms with Crippen LogP contribution >= 0.6 is 15.9 Å². The number of aromatic nitrogens is 2. The van der Waals surface area contributed by atoms with Gasteiger partial charge in [-0.1, -0.05) is 46.3 Å². The topological polar surface area (TPSA) is 37.8 Å². The van der Waals surface area contributed by atoms with E-state index in [1.807, 2.05) is 12.1 Å². The van der Waals surface area contributed by atoms with E-state index in [4.69, 9.17) is 4.98 Å². The minimum atomic E-state index is 0.0730. The van der Waals surface area contributed by atoms with Crippen molar-refractivity contribution in [2.45, 2.75) is 38.3 Å². The monoisotopic (exact) mass is 381 g/mol. The van der Waals surface area contributed by atoms with Crippen molar-refractivity contribution in [1.82, 2.24) is 15.3 Å². The summed E-state index contributed by atoms with van der Waals surface area (Å²) in [6.07, 6.45) is 3.60. The summed E-state index contributed by atoms with van der Waals surface area (Å²) in [7, 11) is 0. The fourth-order valence-electron chi connectivity index (χ4n) is 3.49. The van der Waals surface area contributed by atoms with Crippen molar-refractivity contribution in [2.75, 3.05) is 0 Å². The van der Waals surface area contributed by atoms with Gasteiger partial charge in [0.2, 0.25) is 0 Å². The number of benzene rings is 2. The number of nitrogens with zero attached hydrogens (tertiary/aromatic N) is 2. The molecule has 122 valence electrons. The SMILES string of the molecule is Cc1nc(CNC2(c3ccc(Br)cc3)CCC2)nc2ccccc12. The van der Waals surface area contributed by atoms with Crippen molar-refractivity contribution < 1.29 is 0 Å². The van der Waals surface area contributed by atoms with Crippen LogP contribution in [0.25, 0.3) is 10.9 Å². The molecule has 0 spiro atoms. The molecule has 0 atom stereocenters. The summed E-state index contributed by atoms with van der Waals surface area (Å²) >= 11 is 3.52. The van der Waals surface area contributed by atoms with Crippen molar-refractivity contribution in [3.63, 3.8) is 0 Å². The highest BCUT2D eigenvalue weighted by Gasteiger charge is 2.38. The summed E-state index contributed by atoms with van der Waals surface area (Å²) in [6.45, 7) is 2.75. The first kappa shape index (κ1) is 15.7. The van der Waals surface area contributed by atoms with Gasteiger partial charge in [-0.2, -0.15) is 0 Å². The zero-order chi connectivity index (χ0) is 16.6. The van der Waals surface area contributed by atoms with E-state index in [9.17, 15) is 0 Å². The Morgan fingerprint density at radius 2 is 1.79 bits per heavy atom. The van der Waals surface area contributed by atoms with Gasteiger partial charge in [0.15, 0.2) is 0 Å². The van der Waals surface area contributed by atoms with Gasteiger partial charge in [0.1, 0.15) is 5.82 Å². The van der Waals surface area contributed by atoms with Crippen LogP contribution in [0.1, 0.15) is 36.3 Å². The lowest BCUT2D eigenvalue weighted by Crippen LogP contribution is -2.47. The van der Waals surface area contributed by atoms with Gasteiger partial charge in [0, 0.05) is 21.1 Å². The van der Waals surface area contributed by atoms with Crippen LogP contribution in [0.5, 0.6) is 0 Å². The third-order valence-electron chi connectivity index (χ3n) is 5.03. The van der Waals surface area contributed by atoms with E-state index in [0.29, 0.717) is 6.54 Å². The standard InChI is InChI=1S/C20H20BrN3/c1-14-17-5-2-3-6-18(17)24-19(23-14)13-22-20(11-4-12-20)15-7-9-16(21)10-8-15/h2-3,5-10,22H,4,11-13H2,1H3. The molecule has 1 N–H and O–H groups in total. The summed E-state index contributed by atoms with van der Waals surface area (Å²) in [5.41, 5.74) is 3.50. The van der Waals surface area contributed by atoms with Gasteiger partial charge in [-0.3, -0.25) is 0 Å². The molecule has 1 aliphatic carbocycles. The zero-order valence-electron chi connectivity index (χ0n) is 13.7. The molecule has 2 aromatic carbocycles. The fraction of sp³-hybridized carbons (Fsp3) is 0.300. The van der Waals surface area contributed by atoms with E-state index >= 15 is 0 Å². The van der Waals surface area contributed by atoms with Gasteiger partial charge < -0.3 is 5.32 Å². The minimum Gasteiger partial charge on any atom is -0.300 e. The Bertz CT molecular complexity index is 870. The molecule has 1 aliphatic rings. The average Bonchev–Trinajstić information content (AvgIpc) is 2.55. The Balaban J connectivity index is 1.58. The van der Waals surface area contributed by atoms with Crippen LogP contribution in [0.2, 0.25) is 0 Å². The van der Waals surface area contributed by atoms with Crippen LogP contribution < -0.4 is 5.32 Å². The molecule has 4 heteroatoms. The Morgan fingerprint density at radius 1 is 1.04 bits per heavy atom. The second kappa shape index (κ2) is 6.26. The first-order valence-electron chi connectivity index (χ1n) is 8.40. The largest absolute Gasteiger partial charge is 0.300 e. The summed E-state index contributed by atoms with van der Waals surface area (Å²) in [6, 6.07) is 16.9. The predicted octanol–water partition coefficient (Wildman–Crippen LogP) is 4.87. The third-order valence-corrected chi connectivity index (χ3v) is 5.56. The quantitative estimate of drug-likeness (QED) is 0.700. The number of para-hydroxylation sites is 1. The molecular formula is C20H20BrN3. The van der Waals surface area contributed by atoms with Crippen molar-refractivity contribution in [3.8, 4) is 0 Å². The van der Waals surface area contributed by atoms with Crippen molar-refractivity contribution >= 4 is 26.8 Å². The highest BCUT2D eigenvalue weighted by Crippen LogP contribution is 2.41. The van der Waals surface area contributed by atoms with Gasteiger partial charge in [0.05, 0.1) is 12.1 Å². The van der Waals surface area contributed by atoms with Gasteiger partial charge in [0.25, 0.3) is 0 Å². The molecule has 0 saturated heterocycles. The number of hydrogen-bond donors (Lipinski definition) is 1. The van der Waals surface area contributed by atoms with E-state index < -0.39 is 0 Å². The number of halogens is 1. The smallest absolute Gasteiger partial charge is 0.143 e. The maximum atomic E-state index is 4.72. The lowest BCUT2D eigenvalue weighted by Gasteiger charge is -2.43. The molecule has 24 heavy (non-hydrogen) atoms. The highest BCUT2D eigenvalue weighted by molar-refractivity contribution is 9.10. The zero-order valence-corrected chi connectivity index (χ0v) is 15.3. The van der Waals surface area contributed by atoms with E-state index in [1.54, 1.807) is 0 Å². The van der Waals surface area contributed by atoms with E-state index in [1.165, 1.54) is 24.8 Å². The van der Waals surface area contributed by atoms with Crippen LogP contribution in [0, 0.1) is 6.92 Å². The fourth-order valence-corrected chi connectivity index (χ4v) is 3.75. The summed E-state index contributed by atoms with van der Waals surface area (Å²) in [4.78, 5) is 9.41. The van der Waals surface area contributed by atoms with Crippen LogP contribution in [-0.4, -0.2) is 9.97 Å². The molecular weight excluding hydrogens is 362 g/mol. The normalized spacial score (nSPS) is 16.1. The Labute approximate surface area is 150 Å². The molecule has 3 aromatic rings. The van der Waals surface area contributed by atoms with Crippen molar-refractivity contribution in [1.29, 1.82) is 0 Å². The van der Waals surface area contributed by atoms with E-state index in [-0.39, 0.29) is 5.54 Å². The Morgan fingerprint density at radius 3 is 2.50 bits per heavy atom. The molecule has 4 rings (SSSR count). The number of hydrogen-bond acceptors (Lipinski definition) is 3. The summed E-state index contributed by atoms with van der Waals surface area (Å²) in [5, 5.41) is 4.87. The van der Waals surface area contributed by atoms with Crippen molar-refractivity contribution in [2.24, 2.45) is 0 Å². The first-order chi connectivity index (χ1) is 11.7. The minimum absolute atomic E-state index is 0.0730. The van der Waals surface area contributed by atoms with E-state index in [2.05, 4.69) is 69.6 Å². The molecule has 0 bridgehead atoms. The molecule has 1 heterocycles. The molecule has 0 radical (unpaired) electrons. The lowest BCUT2D eigenvalue weighted by molar-refractivity contribution is 0.182. The average molecular weight is 382 g/mol. The van der Waals surface area contributed by atoms with Crippen LogP contribution in [-0.2, 0) is 12.1 Å². The summed E-state index contributed by atoms with van der Waals surface area (Å²) < 4.78 is 1.12. The van der Waals surface area contributed by atoms with Crippen LogP contribution in [0.4, 0.5) is 0 Å². The number of fused-ring (bicyclic) bond motifs is 1. The van der Waals surface area contributed by atoms with Gasteiger partial charge in [-0.25, -0.2) is 9.97 Å². The molecule has 1 fully saturated rings. The molecule has 3 nitrogen and oxygen atoms in total. The molecule has 0 amide bonds. The van der Waals surface area contributed by atoms with Gasteiger partial charge in [-0.05, 0) is 49.9 Å². The number of rotatable bonds is 4. The van der Waals surface area contributed by atoms with Crippen LogP contribution in [0.15, 0.2) is 53.0 Å². The second-order valence-corrected chi connectivity index (χ2v) is 7.45. The van der Waals surface area contributed by atoms with Gasteiger partial charge >= 0.3 is 0 Å². The molecule has 0 aliphatic heterocycles. The Hall–Kier alpha value is -1.78. The van der Waals surface area contributed by atoms with Crippen molar-refractivity contribution in [3.05, 3.63) is 70.1 Å². The maximum absolute atomic E-state index is 4.72. The first-order valence-corrected chi connectivity index (χ1v) is 9.19. The molecule has 1 aromatic heterocycles. The molecule has 0 unspecified atom stereocenters. The predicted molar refractivity (Wildman–Crippen MR) is 101 cm³/mol. The lowest BCUT2D eigenvalue weighted by atomic mass is 9.72. The van der Waals surface area contributed by atoms with E-state index in [0.717, 1.165) is 26.9 Å². The number of aryl methyl sites for hydroxylation is 1. The third kappa shape index (κ3) is 2.85. The second-order valence-electron chi connectivity index (χ2n) is 6.54. The highest BCUT2D eigenvalue weighted by atomic mass is 79.9. The van der Waals surface area contributed by atoms with Gasteiger partial charge in [-0.15, -0.1) is 0 Å². The maximum Gasteiger partial charge on any atom is 0.143 e.